The summed E-state index contributed by atoms with van der Waals surface area (Å²) in [6.45, 7) is 1.96. The van der Waals surface area contributed by atoms with Crippen LogP contribution in [0.2, 0.25) is 5.02 Å². The molecule has 4 aromatic carbocycles. The molecule has 6 heteroatoms. The highest BCUT2D eigenvalue weighted by atomic mass is 35.5. The van der Waals surface area contributed by atoms with E-state index in [4.69, 9.17) is 11.6 Å². The molecule has 1 saturated heterocycles. The summed E-state index contributed by atoms with van der Waals surface area (Å²) >= 11 is 6.14. The first-order valence-electron chi connectivity index (χ1n) is 13.1. The fourth-order valence-corrected chi connectivity index (χ4v) is 7.01. The summed E-state index contributed by atoms with van der Waals surface area (Å²) in [6, 6.07) is 23.9. The third-order valence-corrected chi connectivity index (χ3v) is 8.85. The van der Waals surface area contributed by atoms with Crippen LogP contribution in [0.5, 0.6) is 0 Å². The van der Waals surface area contributed by atoms with Gasteiger partial charge in [-0.2, -0.15) is 0 Å². The van der Waals surface area contributed by atoms with E-state index in [1.54, 1.807) is 66.7 Å². The number of halogens is 2. The van der Waals surface area contributed by atoms with Gasteiger partial charge in [0.15, 0.2) is 17.3 Å². The summed E-state index contributed by atoms with van der Waals surface area (Å²) in [6.07, 6.45) is 3.55. The zero-order chi connectivity index (χ0) is 27.8. The van der Waals surface area contributed by atoms with Crippen LogP contribution in [0.1, 0.15) is 53.7 Å². The lowest BCUT2D eigenvalue weighted by molar-refractivity contribution is 0.0666. The molecule has 0 bridgehead atoms. The molecule has 3 unspecified atom stereocenters. The second-order valence-electron chi connectivity index (χ2n) is 10.7. The third-order valence-electron chi connectivity index (χ3n) is 8.60. The number of rotatable bonds is 3. The molecular weight excluding hydrogens is 525 g/mol. The van der Waals surface area contributed by atoms with Crippen LogP contribution in [0.3, 0.4) is 0 Å². The van der Waals surface area contributed by atoms with Crippen molar-refractivity contribution in [2.75, 3.05) is 4.90 Å². The molecule has 2 aliphatic heterocycles. The number of Topliss-reactive ketones (excluding diaryl/α,β-unsaturated/α-hetero) is 3. The van der Waals surface area contributed by atoms with Gasteiger partial charge >= 0.3 is 0 Å². The summed E-state index contributed by atoms with van der Waals surface area (Å²) in [7, 11) is 0. The van der Waals surface area contributed by atoms with Crippen molar-refractivity contribution < 1.29 is 18.8 Å². The van der Waals surface area contributed by atoms with Gasteiger partial charge in [-0.05, 0) is 55.0 Å². The van der Waals surface area contributed by atoms with Gasteiger partial charge in [0.05, 0.1) is 6.04 Å². The van der Waals surface area contributed by atoms with Crippen LogP contribution in [-0.4, -0.2) is 29.4 Å². The summed E-state index contributed by atoms with van der Waals surface area (Å²) in [4.78, 5) is 45.6. The summed E-state index contributed by atoms with van der Waals surface area (Å²) in [5.74, 6) is -2.06. The number of fused-ring (bicyclic) bond motifs is 5. The van der Waals surface area contributed by atoms with Gasteiger partial charge in [-0.1, -0.05) is 77.8 Å². The largest absolute Gasteiger partial charge is 0.352 e. The molecular formula is C34H23ClFNO3. The lowest BCUT2D eigenvalue weighted by Crippen LogP contribution is -2.48. The molecule has 1 aliphatic carbocycles. The van der Waals surface area contributed by atoms with Gasteiger partial charge in [-0.3, -0.25) is 14.4 Å². The Morgan fingerprint density at radius 3 is 2.17 bits per heavy atom. The van der Waals surface area contributed by atoms with E-state index in [1.807, 2.05) is 36.1 Å². The molecule has 0 radical (unpaired) electrons. The van der Waals surface area contributed by atoms with Gasteiger partial charge in [0.1, 0.15) is 17.3 Å². The van der Waals surface area contributed by atoms with E-state index < -0.39 is 29.2 Å². The molecule has 1 spiro atoms. The highest BCUT2D eigenvalue weighted by molar-refractivity contribution is 6.32. The highest BCUT2D eigenvalue weighted by Gasteiger charge is 2.71. The number of carbonyl (C=O) groups excluding carboxylic acids is 3. The number of ketones is 3. The van der Waals surface area contributed by atoms with Crippen LogP contribution in [0.25, 0.3) is 6.08 Å². The Bertz CT molecular complexity index is 1720. The Morgan fingerprint density at radius 1 is 0.875 bits per heavy atom. The molecule has 7 rings (SSSR count). The van der Waals surface area contributed by atoms with Crippen LogP contribution in [0, 0.1) is 18.2 Å². The van der Waals surface area contributed by atoms with Gasteiger partial charge in [0.25, 0.3) is 0 Å². The van der Waals surface area contributed by atoms with E-state index in [0.717, 1.165) is 11.1 Å². The maximum atomic E-state index is 14.6. The predicted molar refractivity (Wildman–Crippen MR) is 153 cm³/mol. The number of hydrogen-bond acceptors (Lipinski definition) is 4. The van der Waals surface area contributed by atoms with Crippen molar-refractivity contribution >= 4 is 40.7 Å². The Morgan fingerprint density at radius 2 is 1.52 bits per heavy atom. The summed E-state index contributed by atoms with van der Waals surface area (Å²) in [5.41, 5.74) is 2.47. The second kappa shape index (κ2) is 8.83. The predicted octanol–water partition coefficient (Wildman–Crippen LogP) is 7.10. The van der Waals surface area contributed by atoms with Gasteiger partial charge in [0, 0.05) is 38.9 Å². The van der Waals surface area contributed by atoms with E-state index in [2.05, 4.69) is 0 Å². The van der Waals surface area contributed by atoms with Crippen LogP contribution in [0.4, 0.5) is 10.1 Å². The van der Waals surface area contributed by atoms with E-state index in [1.165, 1.54) is 12.1 Å². The second-order valence-corrected chi connectivity index (χ2v) is 11.1. The molecule has 0 saturated carbocycles. The molecule has 1 fully saturated rings. The zero-order valence-electron chi connectivity index (χ0n) is 21.5. The minimum Gasteiger partial charge on any atom is -0.352 e. The molecule has 0 aromatic heterocycles. The molecule has 3 atom stereocenters. The van der Waals surface area contributed by atoms with Crippen LogP contribution >= 0.6 is 11.6 Å². The fraction of sp³-hybridized carbons (Fsp3) is 0.147. The Balaban J connectivity index is 1.54. The molecule has 0 N–H and O–H groups in total. The first-order chi connectivity index (χ1) is 19.3. The number of nitrogens with zero attached hydrogens (tertiary/aromatic N) is 1. The molecule has 4 aromatic rings. The van der Waals surface area contributed by atoms with Crippen molar-refractivity contribution in [2.45, 2.75) is 24.9 Å². The molecule has 40 heavy (non-hydrogen) atoms. The first-order valence-corrected chi connectivity index (χ1v) is 13.5. The first kappa shape index (κ1) is 24.7. The number of anilines is 1. The van der Waals surface area contributed by atoms with Crippen molar-refractivity contribution in [3.8, 4) is 0 Å². The van der Waals surface area contributed by atoms with E-state index in [0.29, 0.717) is 33.0 Å². The summed E-state index contributed by atoms with van der Waals surface area (Å²) < 4.78 is 14.3. The van der Waals surface area contributed by atoms with E-state index in [-0.39, 0.29) is 17.3 Å². The van der Waals surface area contributed by atoms with Gasteiger partial charge in [0.2, 0.25) is 0 Å². The van der Waals surface area contributed by atoms with Crippen LogP contribution in [-0.2, 0) is 0 Å². The number of carbonyl (C=O) groups is 3. The Kier molecular flexibility index (Phi) is 5.45. The minimum absolute atomic E-state index is 0.244. The van der Waals surface area contributed by atoms with E-state index in [9.17, 15) is 18.8 Å². The van der Waals surface area contributed by atoms with Crippen molar-refractivity contribution in [3.63, 3.8) is 0 Å². The lowest BCUT2D eigenvalue weighted by Gasteiger charge is -2.37. The molecule has 196 valence electrons. The number of aryl methyl sites for hydroxylation is 1. The van der Waals surface area contributed by atoms with Crippen molar-refractivity contribution in [3.05, 3.63) is 141 Å². The number of benzene rings is 4. The Hall–Kier alpha value is -4.35. The normalized spacial score (nSPS) is 21.9. The zero-order valence-corrected chi connectivity index (χ0v) is 22.2. The third kappa shape index (κ3) is 3.28. The average molecular weight is 548 g/mol. The standard InChI is InChI=1S/C34H23ClFNO3/c1-19-6-8-20(9-7-19)29-30(31(38)21-10-13-23(35)14-11-21)37-27-16-15-24(36)18-22(27)12-17-28(37)34(29)32(39)25-4-2-3-5-26(25)33(34)40/h2-18,28-30H,1H3. The number of hydrogen-bond donors (Lipinski definition) is 0. The molecule has 4 nitrogen and oxygen atoms in total. The van der Waals surface area contributed by atoms with Crippen LogP contribution in [0.15, 0.2) is 97.1 Å². The minimum atomic E-state index is -1.59. The van der Waals surface area contributed by atoms with Gasteiger partial charge < -0.3 is 4.90 Å². The monoisotopic (exact) mass is 547 g/mol. The molecule has 0 amide bonds. The SMILES string of the molecule is Cc1ccc(C2C(C(=O)c3ccc(Cl)cc3)N3c4ccc(F)cc4C=CC3C23C(=O)c2ccccc2C3=O)cc1. The quantitative estimate of drug-likeness (QED) is 0.203. The van der Waals surface area contributed by atoms with Crippen molar-refractivity contribution in [1.29, 1.82) is 0 Å². The Labute approximate surface area is 235 Å². The molecule has 3 aliphatic rings. The average Bonchev–Trinajstić information content (AvgIpc) is 3.39. The highest BCUT2D eigenvalue weighted by Crippen LogP contribution is 2.61. The van der Waals surface area contributed by atoms with Crippen molar-refractivity contribution in [2.24, 2.45) is 5.41 Å². The molecule has 2 heterocycles. The van der Waals surface area contributed by atoms with Gasteiger partial charge in [-0.25, -0.2) is 4.39 Å². The van der Waals surface area contributed by atoms with E-state index >= 15 is 0 Å². The lowest BCUT2D eigenvalue weighted by atomic mass is 9.64. The fourth-order valence-electron chi connectivity index (χ4n) is 6.88. The van der Waals surface area contributed by atoms with Crippen molar-refractivity contribution in [1.82, 2.24) is 0 Å². The van der Waals surface area contributed by atoms with Gasteiger partial charge in [-0.15, -0.1) is 0 Å². The smallest absolute Gasteiger partial charge is 0.185 e. The maximum absolute atomic E-state index is 14.6. The summed E-state index contributed by atoms with van der Waals surface area (Å²) in [5, 5.41) is 0.491. The van der Waals surface area contributed by atoms with Crippen LogP contribution < -0.4 is 4.90 Å². The topological polar surface area (TPSA) is 54.5 Å². The maximum Gasteiger partial charge on any atom is 0.185 e.